The van der Waals surface area contributed by atoms with Gasteiger partial charge in [0.25, 0.3) is 0 Å². The quantitative estimate of drug-likeness (QED) is 0.820. The van der Waals surface area contributed by atoms with E-state index in [2.05, 4.69) is 26.6 Å². The van der Waals surface area contributed by atoms with E-state index in [0.29, 0.717) is 10.6 Å². The lowest BCUT2D eigenvalue weighted by Gasteiger charge is -2.44. The molecule has 0 atom stereocenters. The second kappa shape index (κ2) is 5.54. The van der Waals surface area contributed by atoms with E-state index in [1.54, 1.807) is 19.4 Å². The number of ether oxygens (including phenoxy) is 2. The predicted octanol–water partition coefficient (Wildman–Crippen LogP) is 1.59. The minimum absolute atomic E-state index is 0.322. The summed E-state index contributed by atoms with van der Waals surface area (Å²) >= 11 is 2.09. The molecule has 2 saturated heterocycles. The molecule has 0 unspecified atom stereocenters. The van der Waals surface area contributed by atoms with Crippen LogP contribution >= 0.6 is 11.8 Å². The summed E-state index contributed by atoms with van der Waals surface area (Å²) in [5, 5.41) is 0. The Morgan fingerprint density at radius 3 is 3.05 bits per heavy atom. The Morgan fingerprint density at radius 1 is 1.42 bits per heavy atom. The molecule has 0 bridgehead atoms. The molecule has 5 nitrogen and oxygen atoms in total. The lowest BCUT2D eigenvalue weighted by Crippen LogP contribution is -2.50. The summed E-state index contributed by atoms with van der Waals surface area (Å²) in [6.07, 6.45) is 4.01. The number of aromatic nitrogens is 2. The summed E-state index contributed by atoms with van der Waals surface area (Å²) in [5.74, 6) is 2.54. The Balaban J connectivity index is 1.76. The van der Waals surface area contributed by atoms with E-state index in [9.17, 15) is 0 Å². The maximum Gasteiger partial charge on any atom is 0.228 e. The van der Waals surface area contributed by atoms with Crippen molar-refractivity contribution in [3.8, 4) is 5.88 Å². The van der Waals surface area contributed by atoms with Crippen molar-refractivity contribution in [2.45, 2.75) is 17.6 Å². The number of hydrogen-bond acceptors (Lipinski definition) is 6. The molecule has 2 aliphatic rings. The van der Waals surface area contributed by atoms with Crippen molar-refractivity contribution in [2.75, 3.05) is 44.1 Å². The average Bonchev–Trinajstić information content (AvgIpc) is 2.48. The Morgan fingerprint density at radius 2 is 2.26 bits per heavy atom. The summed E-state index contributed by atoms with van der Waals surface area (Å²) in [4.78, 5) is 11.1. The van der Waals surface area contributed by atoms with Gasteiger partial charge >= 0.3 is 0 Å². The summed E-state index contributed by atoms with van der Waals surface area (Å²) in [7, 11) is 1.64. The zero-order valence-electron chi connectivity index (χ0n) is 11.2. The molecule has 1 aromatic heterocycles. The molecule has 1 aromatic rings. The number of anilines is 1. The highest BCUT2D eigenvalue weighted by Crippen LogP contribution is 2.39. The van der Waals surface area contributed by atoms with Gasteiger partial charge in [-0.2, -0.15) is 16.7 Å². The van der Waals surface area contributed by atoms with Crippen molar-refractivity contribution in [2.24, 2.45) is 0 Å². The van der Waals surface area contributed by atoms with Gasteiger partial charge in [0, 0.05) is 49.1 Å². The number of methoxy groups -OCH3 is 1. The molecule has 3 rings (SSSR count). The maximum atomic E-state index is 5.49. The minimum Gasteiger partial charge on any atom is -0.481 e. The first-order valence-corrected chi connectivity index (χ1v) is 7.64. The first-order valence-electron chi connectivity index (χ1n) is 6.65. The van der Waals surface area contributed by atoms with E-state index in [1.807, 2.05) is 0 Å². The van der Waals surface area contributed by atoms with E-state index in [1.165, 1.54) is 0 Å². The first-order chi connectivity index (χ1) is 9.31. The normalized spacial score (nSPS) is 22.5. The summed E-state index contributed by atoms with van der Waals surface area (Å²) in [6.45, 7) is 3.76. The zero-order valence-corrected chi connectivity index (χ0v) is 12.0. The lowest BCUT2D eigenvalue weighted by molar-refractivity contribution is 0.0781. The highest BCUT2D eigenvalue weighted by Gasteiger charge is 2.38. The van der Waals surface area contributed by atoms with E-state index < -0.39 is 0 Å². The molecule has 1 spiro atoms. The third-order valence-corrected chi connectivity index (χ3v) is 5.30. The van der Waals surface area contributed by atoms with Crippen LogP contribution in [0.4, 0.5) is 5.95 Å². The van der Waals surface area contributed by atoms with E-state index in [-0.39, 0.29) is 0 Å². The third-order valence-electron chi connectivity index (χ3n) is 3.76. The fourth-order valence-corrected chi connectivity index (χ4v) is 4.11. The SMILES string of the molecule is COc1ccnc(N2CCSC3(CCOCC3)C2)n1. The van der Waals surface area contributed by atoms with Crippen LogP contribution in [0.1, 0.15) is 12.8 Å². The third kappa shape index (κ3) is 2.79. The molecule has 2 aliphatic heterocycles. The fourth-order valence-electron chi connectivity index (χ4n) is 2.66. The Bertz CT molecular complexity index is 432. The van der Waals surface area contributed by atoms with E-state index in [4.69, 9.17) is 9.47 Å². The number of hydrogen-bond donors (Lipinski definition) is 0. The van der Waals surface area contributed by atoms with Crippen LogP contribution < -0.4 is 9.64 Å². The molecule has 2 fully saturated rings. The molecule has 0 N–H and O–H groups in total. The summed E-state index contributed by atoms with van der Waals surface area (Å²) in [6, 6.07) is 1.78. The Kier molecular flexibility index (Phi) is 3.79. The van der Waals surface area contributed by atoms with E-state index >= 15 is 0 Å². The van der Waals surface area contributed by atoms with Crippen molar-refractivity contribution in [1.29, 1.82) is 0 Å². The standard InChI is InChI=1S/C13H19N3O2S/c1-17-11-2-5-14-12(15-11)16-6-9-19-13(10-16)3-7-18-8-4-13/h2,5H,3-4,6-10H2,1H3. The maximum absolute atomic E-state index is 5.49. The van der Waals surface area contributed by atoms with Crippen LogP contribution in [0, 0.1) is 0 Å². The Hall–Kier alpha value is -1.01. The molecule has 3 heterocycles. The van der Waals surface area contributed by atoms with Crippen LogP contribution in [0.25, 0.3) is 0 Å². The average molecular weight is 281 g/mol. The van der Waals surface area contributed by atoms with Gasteiger partial charge in [-0.3, -0.25) is 0 Å². The molecule has 0 radical (unpaired) electrons. The largest absolute Gasteiger partial charge is 0.481 e. The van der Waals surface area contributed by atoms with Gasteiger partial charge < -0.3 is 14.4 Å². The van der Waals surface area contributed by atoms with Crippen LogP contribution in [-0.4, -0.2) is 53.9 Å². The molecule has 0 aliphatic carbocycles. The van der Waals surface area contributed by atoms with Crippen LogP contribution in [0.2, 0.25) is 0 Å². The molecular weight excluding hydrogens is 262 g/mol. The zero-order chi connectivity index (χ0) is 13.1. The second-order valence-electron chi connectivity index (χ2n) is 4.96. The molecule has 19 heavy (non-hydrogen) atoms. The van der Waals surface area contributed by atoms with Crippen molar-refractivity contribution in [1.82, 2.24) is 9.97 Å². The number of nitrogens with zero attached hydrogens (tertiary/aromatic N) is 3. The van der Waals surface area contributed by atoms with Gasteiger partial charge in [0.05, 0.1) is 7.11 Å². The molecule has 0 aromatic carbocycles. The van der Waals surface area contributed by atoms with Crippen molar-refractivity contribution >= 4 is 17.7 Å². The van der Waals surface area contributed by atoms with Gasteiger partial charge in [0.2, 0.25) is 11.8 Å². The van der Waals surface area contributed by atoms with Crippen molar-refractivity contribution in [3.63, 3.8) is 0 Å². The molecular formula is C13H19N3O2S. The van der Waals surface area contributed by atoms with Crippen molar-refractivity contribution < 1.29 is 9.47 Å². The topological polar surface area (TPSA) is 47.5 Å². The minimum atomic E-state index is 0.322. The van der Waals surface area contributed by atoms with E-state index in [0.717, 1.165) is 50.8 Å². The highest BCUT2D eigenvalue weighted by atomic mass is 32.2. The second-order valence-corrected chi connectivity index (χ2v) is 6.53. The fraction of sp³-hybridized carbons (Fsp3) is 0.692. The van der Waals surface area contributed by atoms with Gasteiger partial charge in [0.15, 0.2) is 0 Å². The smallest absolute Gasteiger partial charge is 0.228 e. The van der Waals surface area contributed by atoms with Gasteiger partial charge in [-0.05, 0) is 12.8 Å². The predicted molar refractivity (Wildman–Crippen MR) is 76.0 cm³/mol. The van der Waals surface area contributed by atoms with Gasteiger partial charge in [0.1, 0.15) is 0 Å². The van der Waals surface area contributed by atoms with Gasteiger partial charge in [-0.25, -0.2) is 4.98 Å². The van der Waals surface area contributed by atoms with Crippen LogP contribution in [-0.2, 0) is 4.74 Å². The Labute approximate surface area is 117 Å². The van der Waals surface area contributed by atoms with Crippen LogP contribution in [0.5, 0.6) is 5.88 Å². The number of rotatable bonds is 2. The lowest BCUT2D eigenvalue weighted by atomic mass is 9.98. The molecule has 0 saturated carbocycles. The summed E-state index contributed by atoms with van der Waals surface area (Å²) < 4.78 is 11.0. The molecule has 0 amide bonds. The van der Waals surface area contributed by atoms with Crippen molar-refractivity contribution in [3.05, 3.63) is 12.3 Å². The summed E-state index contributed by atoms with van der Waals surface area (Å²) in [5.41, 5.74) is 0. The van der Waals surface area contributed by atoms with Crippen LogP contribution in [0.3, 0.4) is 0 Å². The van der Waals surface area contributed by atoms with Gasteiger partial charge in [-0.15, -0.1) is 0 Å². The molecule has 104 valence electrons. The van der Waals surface area contributed by atoms with Crippen LogP contribution in [0.15, 0.2) is 12.3 Å². The molecule has 6 heteroatoms. The first kappa shape index (κ1) is 13.0. The monoisotopic (exact) mass is 281 g/mol. The van der Waals surface area contributed by atoms with Gasteiger partial charge in [-0.1, -0.05) is 0 Å². The number of thioether (sulfide) groups is 1. The highest BCUT2D eigenvalue weighted by molar-refractivity contribution is 8.00.